The third-order valence-electron chi connectivity index (χ3n) is 5.15. The second kappa shape index (κ2) is 7.73. The summed E-state index contributed by atoms with van der Waals surface area (Å²) in [4.78, 5) is 16.8. The lowest BCUT2D eigenvalue weighted by Crippen LogP contribution is -2.49. The van der Waals surface area contributed by atoms with E-state index in [2.05, 4.69) is 27.3 Å². The quantitative estimate of drug-likeness (QED) is 0.903. The van der Waals surface area contributed by atoms with Crippen molar-refractivity contribution in [1.82, 2.24) is 20.4 Å². The van der Waals surface area contributed by atoms with Crippen molar-refractivity contribution in [3.63, 3.8) is 0 Å². The molecule has 2 aliphatic heterocycles. The average Bonchev–Trinajstić information content (AvgIpc) is 2.63. The topological polar surface area (TPSA) is 61.4 Å². The van der Waals surface area contributed by atoms with Crippen LogP contribution in [-0.4, -0.2) is 60.3 Å². The van der Waals surface area contributed by atoms with Crippen LogP contribution in [0.1, 0.15) is 26.2 Å². The van der Waals surface area contributed by atoms with Gasteiger partial charge in [0.05, 0.1) is 0 Å². The molecule has 0 aromatic carbocycles. The molecule has 1 aromatic heterocycles. The molecule has 1 N–H and O–H groups in total. The van der Waals surface area contributed by atoms with Crippen molar-refractivity contribution in [2.45, 2.75) is 26.2 Å². The fourth-order valence-corrected chi connectivity index (χ4v) is 3.58. The molecule has 3 heterocycles. The molecule has 0 spiro atoms. The largest absolute Gasteiger partial charge is 0.352 e. The molecule has 2 fully saturated rings. The zero-order chi connectivity index (χ0) is 16.1. The number of nitrogens with one attached hydrogen (secondary N) is 1. The third-order valence-corrected chi connectivity index (χ3v) is 5.15. The summed E-state index contributed by atoms with van der Waals surface area (Å²) in [5.74, 6) is 2.32. The number of piperidine rings is 1. The van der Waals surface area contributed by atoms with Gasteiger partial charge in [-0.25, -0.2) is 0 Å². The first-order chi connectivity index (χ1) is 11.2. The molecule has 0 radical (unpaired) electrons. The Balaban J connectivity index is 1.46. The highest BCUT2D eigenvalue weighted by molar-refractivity contribution is 5.76. The number of carbonyl (C=O) groups is 1. The SMILES string of the molecule is CC(CC(=O)N1CCN(c2cccnn2)CC1)C1CCCNC1. The van der Waals surface area contributed by atoms with Crippen LogP contribution in [0, 0.1) is 11.8 Å². The fraction of sp³-hybridized carbons (Fsp3) is 0.706. The highest BCUT2D eigenvalue weighted by atomic mass is 16.2. The molecule has 1 amide bonds. The number of piperazine rings is 1. The van der Waals surface area contributed by atoms with Crippen LogP contribution in [0.25, 0.3) is 0 Å². The van der Waals surface area contributed by atoms with Crippen molar-refractivity contribution in [3.8, 4) is 0 Å². The van der Waals surface area contributed by atoms with E-state index in [9.17, 15) is 4.79 Å². The number of aromatic nitrogens is 2. The van der Waals surface area contributed by atoms with Crippen molar-refractivity contribution in [2.75, 3.05) is 44.2 Å². The molecule has 6 heteroatoms. The van der Waals surface area contributed by atoms with E-state index in [1.54, 1.807) is 6.20 Å². The Labute approximate surface area is 138 Å². The number of anilines is 1. The van der Waals surface area contributed by atoms with Crippen molar-refractivity contribution in [3.05, 3.63) is 18.3 Å². The Morgan fingerprint density at radius 1 is 1.39 bits per heavy atom. The van der Waals surface area contributed by atoms with Gasteiger partial charge in [0.1, 0.15) is 0 Å². The van der Waals surface area contributed by atoms with Gasteiger partial charge in [0, 0.05) is 38.8 Å². The smallest absolute Gasteiger partial charge is 0.222 e. The highest BCUT2D eigenvalue weighted by Crippen LogP contribution is 2.23. The van der Waals surface area contributed by atoms with E-state index in [1.165, 1.54) is 12.8 Å². The van der Waals surface area contributed by atoms with E-state index in [0.717, 1.165) is 45.1 Å². The van der Waals surface area contributed by atoms with E-state index < -0.39 is 0 Å². The van der Waals surface area contributed by atoms with E-state index in [1.807, 2.05) is 17.0 Å². The summed E-state index contributed by atoms with van der Waals surface area (Å²) < 4.78 is 0. The second-order valence-corrected chi connectivity index (χ2v) is 6.74. The monoisotopic (exact) mass is 317 g/mol. The van der Waals surface area contributed by atoms with Crippen LogP contribution in [-0.2, 0) is 4.79 Å². The van der Waals surface area contributed by atoms with Crippen molar-refractivity contribution < 1.29 is 4.79 Å². The van der Waals surface area contributed by atoms with Gasteiger partial charge >= 0.3 is 0 Å². The van der Waals surface area contributed by atoms with Crippen LogP contribution in [0.3, 0.4) is 0 Å². The Morgan fingerprint density at radius 2 is 2.22 bits per heavy atom. The predicted molar refractivity (Wildman–Crippen MR) is 90.2 cm³/mol. The first-order valence-corrected chi connectivity index (χ1v) is 8.75. The lowest BCUT2D eigenvalue weighted by molar-refractivity contribution is -0.132. The van der Waals surface area contributed by atoms with Gasteiger partial charge in [-0.2, -0.15) is 5.10 Å². The van der Waals surface area contributed by atoms with Crippen LogP contribution >= 0.6 is 0 Å². The van der Waals surface area contributed by atoms with Crippen molar-refractivity contribution >= 4 is 11.7 Å². The zero-order valence-corrected chi connectivity index (χ0v) is 13.9. The lowest BCUT2D eigenvalue weighted by atomic mass is 9.85. The first-order valence-electron chi connectivity index (χ1n) is 8.75. The number of amides is 1. The molecule has 126 valence electrons. The number of hydrogen-bond acceptors (Lipinski definition) is 5. The minimum absolute atomic E-state index is 0.307. The van der Waals surface area contributed by atoms with Crippen molar-refractivity contribution in [2.24, 2.45) is 11.8 Å². The van der Waals surface area contributed by atoms with Crippen molar-refractivity contribution in [1.29, 1.82) is 0 Å². The fourth-order valence-electron chi connectivity index (χ4n) is 3.58. The molecule has 2 saturated heterocycles. The summed E-state index contributed by atoms with van der Waals surface area (Å²) >= 11 is 0. The number of carbonyl (C=O) groups excluding carboxylic acids is 1. The Kier molecular flexibility index (Phi) is 5.43. The van der Waals surface area contributed by atoms with E-state index >= 15 is 0 Å². The van der Waals surface area contributed by atoms with Crippen LogP contribution in [0.5, 0.6) is 0 Å². The summed E-state index contributed by atoms with van der Waals surface area (Å²) in [7, 11) is 0. The zero-order valence-electron chi connectivity index (χ0n) is 13.9. The summed E-state index contributed by atoms with van der Waals surface area (Å²) in [6.45, 7) is 7.66. The van der Waals surface area contributed by atoms with Gasteiger partial charge < -0.3 is 15.1 Å². The molecular formula is C17H27N5O. The van der Waals surface area contributed by atoms with E-state index in [0.29, 0.717) is 24.2 Å². The second-order valence-electron chi connectivity index (χ2n) is 6.74. The lowest BCUT2D eigenvalue weighted by Gasteiger charge is -2.36. The van der Waals surface area contributed by atoms with Gasteiger partial charge in [0.15, 0.2) is 5.82 Å². The maximum absolute atomic E-state index is 12.6. The number of hydrogen-bond donors (Lipinski definition) is 1. The van der Waals surface area contributed by atoms with Crippen LogP contribution < -0.4 is 10.2 Å². The van der Waals surface area contributed by atoms with Gasteiger partial charge in [0.2, 0.25) is 5.91 Å². The summed E-state index contributed by atoms with van der Waals surface area (Å²) in [5, 5.41) is 11.5. The van der Waals surface area contributed by atoms with Gasteiger partial charge in [-0.1, -0.05) is 6.92 Å². The molecule has 0 aliphatic carbocycles. The minimum Gasteiger partial charge on any atom is -0.352 e. The molecule has 0 saturated carbocycles. The Morgan fingerprint density at radius 3 is 2.87 bits per heavy atom. The summed E-state index contributed by atoms with van der Waals surface area (Å²) in [6, 6.07) is 3.88. The molecule has 23 heavy (non-hydrogen) atoms. The molecule has 0 bridgehead atoms. The average molecular weight is 317 g/mol. The molecule has 6 nitrogen and oxygen atoms in total. The molecule has 3 rings (SSSR count). The van der Waals surface area contributed by atoms with E-state index in [4.69, 9.17) is 0 Å². The third kappa shape index (κ3) is 4.19. The predicted octanol–water partition coefficient (Wildman–Crippen LogP) is 1.15. The molecule has 2 aliphatic rings. The minimum atomic E-state index is 0.307. The molecule has 1 aromatic rings. The van der Waals surface area contributed by atoms with Crippen LogP contribution in [0.2, 0.25) is 0 Å². The van der Waals surface area contributed by atoms with Crippen LogP contribution in [0.4, 0.5) is 5.82 Å². The van der Waals surface area contributed by atoms with Gasteiger partial charge in [-0.15, -0.1) is 5.10 Å². The number of rotatable bonds is 4. The molecule has 2 atom stereocenters. The molecule has 2 unspecified atom stereocenters. The van der Waals surface area contributed by atoms with E-state index in [-0.39, 0.29) is 0 Å². The number of nitrogens with zero attached hydrogens (tertiary/aromatic N) is 4. The summed E-state index contributed by atoms with van der Waals surface area (Å²) in [6.07, 6.45) is 4.85. The van der Waals surface area contributed by atoms with Gasteiger partial charge in [-0.3, -0.25) is 4.79 Å². The normalized spacial score (nSPS) is 23.6. The van der Waals surface area contributed by atoms with Gasteiger partial charge in [-0.05, 0) is 49.9 Å². The summed E-state index contributed by atoms with van der Waals surface area (Å²) in [5.41, 5.74) is 0. The standard InChI is InChI=1S/C17H27N5O/c1-14(15-4-2-6-18-13-15)12-17(23)22-10-8-21(9-11-22)16-5-3-7-19-20-16/h3,5,7,14-15,18H,2,4,6,8-13H2,1H3. The molecular weight excluding hydrogens is 290 g/mol. The Bertz CT molecular complexity index is 495. The Hall–Kier alpha value is -1.69. The first kappa shape index (κ1) is 16.2. The maximum Gasteiger partial charge on any atom is 0.222 e. The van der Waals surface area contributed by atoms with Gasteiger partial charge in [0.25, 0.3) is 0 Å². The maximum atomic E-state index is 12.6. The van der Waals surface area contributed by atoms with Crippen LogP contribution in [0.15, 0.2) is 18.3 Å². The highest BCUT2D eigenvalue weighted by Gasteiger charge is 2.26.